The molecule has 2 aromatic carbocycles. The van der Waals surface area contributed by atoms with Gasteiger partial charge in [-0.1, -0.05) is 12.1 Å². The SMILES string of the molecule is Cc1ccc2c(=O)[nH]oc2c1.Cc1ccc2c(c1)OCC2=O. The molecule has 0 radical (unpaired) electrons. The second kappa shape index (κ2) is 5.52. The summed E-state index contributed by atoms with van der Waals surface area (Å²) in [7, 11) is 0. The molecule has 0 atom stereocenters. The van der Waals surface area contributed by atoms with Crippen LogP contribution in [0.25, 0.3) is 11.0 Å². The quantitative estimate of drug-likeness (QED) is 0.692. The van der Waals surface area contributed by atoms with Crippen LogP contribution < -0.4 is 10.3 Å². The first-order valence-electron chi connectivity index (χ1n) is 6.89. The Balaban J connectivity index is 0.000000131. The van der Waals surface area contributed by atoms with Crippen LogP contribution in [-0.2, 0) is 0 Å². The fourth-order valence-electron chi connectivity index (χ4n) is 2.26. The highest BCUT2D eigenvalue weighted by Crippen LogP contribution is 2.25. The number of nitrogens with one attached hydrogen (secondary N) is 1. The topological polar surface area (TPSA) is 72.3 Å². The molecule has 0 bridgehead atoms. The van der Waals surface area contributed by atoms with Crippen molar-refractivity contribution in [3.63, 3.8) is 0 Å². The van der Waals surface area contributed by atoms with Crippen molar-refractivity contribution in [2.24, 2.45) is 0 Å². The van der Waals surface area contributed by atoms with Crippen LogP contribution in [0.1, 0.15) is 21.5 Å². The molecule has 1 aromatic heterocycles. The van der Waals surface area contributed by atoms with E-state index in [1.807, 2.05) is 44.2 Å². The van der Waals surface area contributed by atoms with Crippen molar-refractivity contribution >= 4 is 16.8 Å². The lowest BCUT2D eigenvalue weighted by Gasteiger charge is -1.96. The summed E-state index contributed by atoms with van der Waals surface area (Å²) in [5.74, 6) is 0.815. The predicted octanol–water partition coefficient (Wildman–Crippen LogP) is 3.00. The van der Waals surface area contributed by atoms with Crippen molar-refractivity contribution in [2.75, 3.05) is 6.61 Å². The number of hydrogen-bond donors (Lipinski definition) is 1. The molecule has 2 heterocycles. The van der Waals surface area contributed by atoms with Crippen molar-refractivity contribution in [2.45, 2.75) is 13.8 Å². The summed E-state index contributed by atoms with van der Waals surface area (Å²) in [4.78, 5) is 22.0. The van der Waals surface area contributed by atoms with Crippen LogP contribution in [0.5, 0.6) is 5.75 Å². The first kappa shape index (κ1) is 14.1. The lowest BCUT2D eigenvalue weighted by atomic mass is 10.1. The molecule has 1 N–H and O–H groups in total. The van der Waals surface area contributed by atoms with Gasteiger partial charge in [-0.25, -0.2) is 0 Å². The minimum absolute atomic E-state index is 0.0833. The van der Waals surface area contributed by atoms with E-state index >= 15 is 0 Å². The maximum Gasteiger partial charge on any atom is 0.287 e. The molecule has 0 unspecified atom stereocenters. The lowest BCUT2D eigenvalue weighted by molar-refractivity contribution is 0.0961. The highest BCUT2D eigenvalue weighted by molar-refractivity contribution is 6.02. The molecule has 1 aliphatic heterocycles. The van der Waals surface area contributed by atoms with Crippen molar-refractivity contribution in [1.82, 2.24) is 5.16 Å². The third kappa shape index (κ3) is 2.65. The number of benzene rings is 2. The third-order valence-corrected chi connectivity index (χ3v) is 3.43. The fraction of sp³-hybridized carbons (Fsp3) is 0.176. The average Bonchev–Trinajstić information content (AvgIpc) is 3.03. The number of ether oxygens (including phenoxy) is 1. The molecular formula is C17H15NO4. The number of aryl methyl sites for hydroxylation is 2. The van der Waals surface area contributed by atoms with Gasteiger partial charge >= 0.3 is 0 Å². The van der Waals surface area contributed by atoms with E-state index in [2.05, 4.69) is 5.16 Å². The third-order valence-electron chi connectivity index (χ3n) is 3.43. The second-order valence-electron chi connectivity index (χ2n) is 5.24. The van der Waals surface area contributed by atoms with Crippen LogP contribution in [-0.4, -0.2) is 17.5 Å². The molecule has 1 aliphatic rings. The standard InChI is InChI=1S/C9H8O2.C8H7NO2/c1-6-2-3-7-8(10)5-11-9(7)4-6;1-5-2-3-6-7(4-5)11-9-8(6)10/h2-4H,5H2,1H3;2-4H,1H3,(H,9,10). The zero-order valence-electron chi connectivity index (χ0n) is 12.3. The summed E-state index contributed by atoms with van der Waals surface area (Å²) in [5, 5.41) is 2.88. The second-order valence-corrected chi connectivity index (χ2v) is 5.24. The normalized spacial score (nSPS) is 12.5. The molecule has 22 heavy (non-hydrogen) atoms. The first-order valence-corrected chi connectivity index (χ1v) is 6.89. The van der Waals surface area contributed by atoms with E-state index in [4.69, 9.17) is 9.26 Å². The van der Waals surface area contributed by atoms with Gasteiger partial charge in [-0.2, -0.15) is 5.16 Å². The van der Waals surface area contributed by atoms with Crippen LogP contribution >= 0.6 is 0 Å². The molecule has 0 aliphatic carbocycles. The Hall–Kier alpha value is -2.82. The Morgan fingerprint density at radius 3 is 2.55 bits per heavy atom. The highest BCUT2D eigenvalue weighted by Gasteiger charge is 2.19. The first-order chi connectivity index (χ1) is 10.5. The van der Waals surface area contributed by atoms with Crippen molar-refractivity contribution in [3.05, 3.63) is 63.4 Å². The van der Waals surface area contributed by atoms with Gasteiger partial charge in [-0.15, -0.1) is 0 Å². The van der Waals surface area contributed by atoms with Crippen LogP contribution in [0, 0.1) is 13.8 Å². The summed E-state index contributed by atoms with van der Waals surface area (Å²) in [6.07, 6.45) is 0. The Labute approximate surface area is 126 Å². The summed E-state index contributed by atoms with van der Waals surface area (Å²) in [6, 6.07) is 11.1. The van der Waals surface area contributed by atoms with Gasteiger partial charge in [-0.3, -0.25) is 9.59 Å². The maximum absolute atomic E-state index is 11.1. The zero-order chi connectivity index (χ0) is 15.7. The zero-order valence-corrected chi connectivity index (χ0v) is 12.3. The summed E-state index contributed by atoms with van der Waals surface area (Å²) >= 11 is 0. The monoisotopic (exact) mass is 297 g/mol. The molecule has 0 spiro atoms. The summed E-state index contributed by atoms with van der Waals surface area (Å²) < 4.78 is 10.0. The van der Waals surface area contributed by atoms with E-state index in [1.54, 1.807) is 6.07 Å². The van der Waals surface area contributed by atoms with Crippen LogP contribution in [0.2, 0.25) is 0 Å². The number of H-pyrrole nitrogens is 1. The number of ketones is 1. The van der Waals surface area contributed by atoms with Crippen LogP contribution in [0.15, 0.2) is 45.7 Å². The van der Waals surface area contributed by atoms with E-state index < -0.39 is 0 Å². The van der Waals surface area contributed by atoms with Gasteiger partial charge in [-0.05, 0) is 49.2 Å². The minimum atomic E-state index is -0.167. The number of Topliss-reactive ketones (excluding diaryl/α,β-unsaturated/α-hetero) is 1. The molecule has 0 amide bonds. The summed E-state index contributed by atoms with van der Waals surface area (Å²) in [6.45, 7) is 4.14. The van der Waals surface area contributed by atoms with Gasteiger partial charge in [0.25, 0.3) is 5.56 Å². The van der Waals surface area contributed by atoms with E-state index in [-0.39, 0.29) is 17.9 Å². The number of fused-ring (bicyclic) bond motifs is 2. The largest absolute Gasteiger partial charge is 0.485 e. The molecule has 4 rings (SSSR count). The number of carbonyl (C=O) groups excluding carboxylic acids is 1. The Kier molecular flexibility index (Phi) is 3.55. The van der Waals surface area contributed by atoms with Crippen LogP contribution in [0.4, 0.5) is 0 Å². The molecule has 112 valence electrons. The number of carbonyl (C=O) groups is 1. The Morgan fingerprint density at radius 2 is 1.73 bits per heavy atom. The number of rotatable bonds is 0. The molecule has 0 fully saturated rings. The number of aromatic nitrogens is 1. The Morgan fingerprint density at radius 1 is 1.00 bits per heavy atom. The molecule has 5 nitrogen and oxygen atoms in total. The molecule has 0 saturated carbocycles. The van der Waals surface area contributed by atoms with Crippen LogP contribution in [0.3, 0.4) is 0 Å². The smallest absolute Gasteiger partial charge is 0.287 e. The van der Waals surface area contributed by atoms with E-state index in [9.17, 15) is 9.59 Å². The average molecular weight is 297 g/mol. The van der Waals surface area contributed by atoms with E-state index in [0.29, 0.717) is 11.0 Å². The van der Waals surface area contributed by atoms with Gasteiger partial charge in [0.2, 0.25) is 5.78 Å². The number of aromatic amines is 1. The van der Waals surface area contributed by atoms with E-state index in [0.717, 1.165) is 22.4 Å². The molecule has 5 heteroatoms. The van der Waals surface area contributed by atoms with E-state index in [1.165, 1.54) is 0 Å². The Bertz CT molecular complexity index is 904. The minimum Gasteiger partial charge on any atom is -0.485 e. The van der Waals surface area contributed by atoms with Gasteiger partial charge < -0.3 is 9.26 Å². The van der Waals surface area contributed by atoms with Gasteiger partial charge in [0.05, 0.1) is 10.9 Å². The van der Waals surface area contributed by atoms with Gasteiger partial charge in [0, 0.05) is 0 Å². The van der Waals surface area contributed by atoms with Crippen molar-refractivity contribution in [1.29, 1.82) is 0 Å². The molecule has 0 saturated heterocycles. The van der Waals surface area contributed by atoms with Gasteiger partial charge in [0.1, 0.15) is 5.75 Å². The van der Waals surface area contributed by atoms with Crippen molar-refractivity contribution < 1.29 is 14.1 Å². The highest BCUT2D eigenvalue weighted by atomic mass is 16.5. The maximum atomic E-state index is 11.1. The predicted molar refractivity (Wildman–Crippen MR) is 82.6 cm³/mol. The fourth-order valence-corrected chi connectivity index (χ4v) is 2.26. The van der Waals surface area contributed by atoms with Crippen molar-refractivity contribution in [3.8, 4) is 5.75 Å². The molecular weight excluding hydrogens is 282 g/mol. The summed E-state index contributed by atoms with van der Waals surface area (Å²) in [5.41, 5.74) is 3.38. The lowest BCUT2D eigenvalue weighted by Crippen LogP contribution is -1.98. The van der Waals surface area contributed by atoms with Gasteiger partial charge in [0.15, 0.2) is 12.2 Å². The number of hydrogen-bond acceptors (Lipinski definition) is 4. The molecule has 3 aromatic rings.